The average Bonchev–Trinajstić information content (AvgIpc) is 2.43. The van der Waals surface area contributed by atoms with Crippen molar-refractivity contribution in [3.05, 3.63) is 42.0 Å². The number of ketones is 2. The van der Waals surface area contributed by atoms with E-state index in [1.165, 1.54) is 18.7 Å². The van der Waals surface area contributed by atoms with Crippen molar-refractivity contribution in [3.63, 3.8) is 0 Å². The molecule has 4 nitrogen and oxygen atoms in total. The number of hydrogen-bond acceptors (Lipinski definition) is 4. The van der Waals surface area contributed by atoms with Gasteiger partial charge in [-0.15, -0.1) is 0 Å². The molecule has 0 aliphatic rings. The van der Waals surface area contributed by atoms with Crippen molar-refractivity contribution in [1.82, 2.24) is 4.90 Å². The van der Waals surface area contributed by atoms with Gasteiger partial charge >= 0.3 is 0 Å². The molecule has 110 valence electrons. The van der Waals surface area contributed by atoms with Crippen LogP contribution >= 0.6 is 12.2 Å². The number of nitrogens with zero attached hydrogens (tertiary/aromatic N) is 1. The average molecular weight is 303 g/mol. The van der Waals surface area contributed by atoms with Crippen molar-refractivity contribution in [2.75, 3.05) is 6.54 Å². The second kappa shape index (κ2) is 8.25. The predicted molar refractivity (Wildman–Crippen MR) is 84.2 cm³/mol. The van der Waals surface area contributed by atoms with Crippen LogP contribution in [-0.4, -0.2) is 40.0 Å². The van der Waals surface area contributed by atoms with Crippen LogP contribution < -0.4 is 0 Å². The van der Waals surface area contributed by atoms with Gasteiger partial charge in [0.05, 0.1) is 6.08 Å². The summed E-state index contributed by atoms with van der Waals surface area (Å²) in [6, 6.07) is 8.47. The zero-order valence-electron chi connectivity index (χ0n) is 12.0. The molecule has 0 aliphatic heterocycles. The fraction of sp³-hybridized carbons (Fsp3) is 0.312. The Morgan fingerprint density at radius 1 is 1.19 bits per heavy atom. The second-order valence-electron chi connectivity index (χ2n) is 4.65. The van der Waals surface area contributed by atoms with Gasteiger partial charge in [0.25, 0.3) is 5.91 Å². The number of carbonyl (C=O) groups is 3. The maximum absolute atomic E-state index is 12.1. The third-order valence-electron chi connectivity index (χ3n) is 3.03. The summed E-state index contributed by atoms with van der Waals surface area (Å²) >= 11 is 4.52. The second-order valence-corrected chi connectivity index (χ2v) is 4.89. The molecule has 0 spiro atoms. The monoisotopic (exact) mass is 303 g/mol. The Hall–Kier alpha value is -2.10. The summed E-state index contributed by atoms with van der Waals surface area (Å²) < 4.78 is 0. The van der Waals surface area contributed by atoms with E-state index in [0.717, 1.165) is 11.6 Å². The highest BCUT2D eigenvalue weighted by molar-refractivity contribution is 7.78. The first-order valence-corrected chi connectivity index (χ1v) is 6.94. The molecule has 0 bridgehead atoms. The Bertz CT molecular complexity index is 562. The molecule has 1 aromatic rings. The minimum absolute atomic E-state index is 0.264. The maximum atomic E-state index is 12.1. The van der Waals surface area contributed by atoms with Crippen LogP contribution in [-0.2, 0) is 20.8 Å². The molecule has 5 heteroatoms. The van der Waals surface area contributed by atoms with Gasteiger partial charge in [0.1, 0.15) is 6.04 Å². The smallest absolute Gasteiger partial charge is 0.256 e. The molecule has 0 N–H and O–H groups in total. The van der Waals surface area contributed by atoms with E-state index < -0.39 is 11.9 Å². The Morgan fingerprint density at radius 3 is 2.24 bits per heavy atom. The zero-order chi connectivity index (χ0) is 15.8. The van der Waals surface area contributed by atoms with Gasteiger partial charge in [-0.1, -0.05) is 30.3 Å². The predicted octanol–water partition coefficient (Wildman–Crippen LogP) is 1.76. The van der Waals surface area contributed by atoms with Gasteiger partial charge in [-0.05, 0) is 43.1 Å². The summed E-state index contributed by atoms with van der Waals surface area (Å²) in [5, 5.41) is 2.22. The zero-order valence-corrected chi connectivity index (χ0v) is 12.9. The van der Waals surface area contributed by atoms with Crippen LogP contribution in [0.1, 0.15) is 19.4 Å². The van der Waals surface area contributed by atoms with Crippen LogP contribution in [0, 0.1) is 0 Å². The first-order chi connectivity index (χ1) is 9.97. The number of carbonyl (C=O) groups excluding carboxylic acids is 3. The molecular formula is C16H17NO3S. The third-order valence-corrected chi connectivity index (χ3v) is 3.15. The summed E-state index contributed by atoms with van der Waals surface area (Å²) in [6.07, 6.45) is 1.62. The van der Waals surface area contributed by atoms with Crippen LogP contribution in [0.5, 0.6) is 0 Å². The van der Waals surface area contributed by atoms with Crippen LogP contribution in [0.3, 0.4) is 0 Å². The highest BCUT2D eigenvalue weighted by Crippen LogP contribution is 2.08. The fourth-order valence-corrected chi connectivity index (χ4v) is 2.22. The third kappa shape index (κ3) is 5.06. The molecule has 0 aromatic heterocycles. The lowest BCUT2D eigenvalue weighted by Crippen LogP contribution is -2.48. The normalized spacial score (nSPS) is 9.86. The fourth-order valence-electron chi connectivity index (χ4n) is 2.12. The molecule has 21 heavy (non-hydrogen) atoms. The van der Waals surface area contributed by atoms with E-state index in [4.69, 9.17) is 0 Å². The molecule has 0 radical (unpaired) electrons. The van der Waals surface area contributed by atoms with Crippen LogP contribution in [0.2, 0.25) is 0 Å². The summed E-state index contributed by atoms with van der Waals surface area (Å²) in [7, 11) is 0. The molecule has 0 saturated carbocycles. The number of rotatable bonds is 7. The first-order valence-electron chi connectivity index (χ1n) is 6.53. The minimum atomic E-state index is -1.07. The quantitative estimate of drug-likeness (QED) is 0.437. The SMILES string of the molecule is CC(=O)C(C(C)=O)N(CCc1ccccc1)C(=O)C=C=S. The van der Waals surface area contributed by atoms with E-state index in [-0.39, 0.29) is 18.1 Å². The molecular weight excluding hydrogens is 286 g/mol. The van der Waals surface area contributed by atoms with E-state index in [2.05, 4.69) is 17.2 Å². The Labute approximate surface area is 129 Å². The van der Waals surface area contributed by atoms with Gasteiger partial charge in [0, 0.05) is 6.54 Å². The van der Waals surface area contributed by atoms with Crippen molar-refractivity contribution >= 4 is 34.7 Å². The number of amides is 1. The standard InChI is InChI=1S/C16H17NO3S/c1-12(18)16(13(2)19)17(15(20)9-11-21)10-8-14-6-4-3-5-7-14/h3-7,9,16H,8,10H2,1-2H3. The van der Waals surface area contributed by atoms with E-state index in [1.54, 1.807) is 0 Å². The molecule has 1 aromatic carbocycles. The Balaban J connectivity index is 2.96. The van der Waals surface area contributed by atoms with Crippen LogP contribution in [0.25, 0.3) is 0 Å². The van der Waals surface area contributed by atoms with Crippen molar-refractivity contribution in [3.8, 4) is 0 Å². The summed E-state index contributed by atoms with van der Waals surface area (Å²) in [5.41, 5.74) is 1.02. The van der Waals surface area contributed by atoms with E-state index >= 15 is 0 Å². The summed E-state index contributed by atoms with van der Waals surface area (Å²) in [4.78, 5) is 36.6. The number of Topliss-reactive ketones (excluding diaryl/α,β-unsaturated/α-hetero) is 2. The first kappa shape index (κ1) is 17.0. The van der Waals surface area contributed by atoms with Crippen LogP contribution in [0.4, 0.5) is 0 Å². The molecule has 1 rings (SSSR count). The van der Waals surface area contributed by atoms with Crippen LogP contribution in [0.15, 0.2) is 36.4 Å². The Morgan fingerprint density at radius 2 is 1.76 bits per heavy atom. The maximum Gasteiger partial charge on any atom is 0.256 e. The van der Waals surface area contributed by atoms with E-state index in [1.807, 2.05) is 30.3 Å². The molecule has 1 amide bonds. The lowest BCUT2D eigenvalue weighted by molar-refractivity contribution is -0.141. The topological polar surface area (TPSA) is 54.5 Å². The molecule has 0 fully saturated rings. The van der Waals surface area contributed by atoms with Gasteiger partial charge in [-0.25, -0.2) is 0 Å². The van der Waals surface area contributed by atoms with E-state index in [9.17, 15) is 14.4 Å². The lowest BCUT2D eigenvalue weighted by Gasteiger charge is -2.27. The molecule has 0 unspecified atom stereocenters. The molecule has 0 aliphatic carbocycles. The summed E-state index contributed by atoms with van der Waals surface area (Å²) in [6.45, 7) is 2.87. The molecule has 0 saturated heterocycles. The van der Waals surface area contributed by atoms with Crippen molar-refractivity contribution in [1.29, 1.82) is 0 Å². The van der Waals surface area contributed by atoms with Crippen molar-refractivity contribution < 1.29 is 14.4 Å². The van der Waals surface area contributed by atoms with Gasteiger partial charge in [0.15, 0.2) is 11.6 Å². The minimum Gasteiger partial charge on any atom is -0.321 e. The lowest BCUT2D eigenvalue weighted by atomic mass is 10.1. The van der Waals surface area contributed by atoms with Gasteiger partial charge in [-0.3, -0.25) is 14.4 Å². The van der Waals surface area contributed by atoms with Gasteiger partial charge in [0.2, 0.25) is 0 Å². The number of thiocarbonyl (C=S) groups is 1. The summed E-state index contributed by atoms with van der Waals surface area (Å²) in [5.74, 6) is -1.19. The highest BCUT2D eigenvalue weighted by Gasteiger charge is 2.29. The van der Waals surface area contributed by atoms with Gasteiger partial charge in [-0.2, -0.15) is 0 Å². The van der Waals surface area contributed by atoms with Gasteiger partial charge < -0.3 is 4.90 Å². The molecule has 0 heterocycles. The largest absolute Gasteiger partial charge is 0.321 e. The van der Waals surface area contributed by atoms with E-state index in [0.29, 0.717) is 6.42 Å². The van der Waals surface area contributed by atoms with Crippen molar-refractivity contribution in [2.45, 2.75) is 26.3 Å². The van der Waals surface area contributed by atoms with Crippen molar-refractivity contribution in [2.24, 2.45) is 0 Å². The number of hydrogen-bond donors (Lipinski definition) is 0. The Kier molecular flexibility index (Phi) is 6.66. The molecule has 0 atom stereocenters. The highest BCUT2D eigenvalue weighted by atomic mass is 32.1. The number of benzene rings is 1.